The Balaban J connectivity index is 2.45. The number of hydrogen-bond donors (Lipinski definition) is 1. The number of halogens is 2. The first-order valence-corrected chi connectivity index (χ1v) is 5.99. The Hall–Kier alpha value is -2.14. The predicted octanol–water partition coefficient (Wildman–Crippen LogP) is 3.03. The number of hydrogen-bond acceptors (Lipinski definition) is 3. The minimum absolute atomic E-state index is 0.245. The topological polar surface area (TPSA) is 44.5 Å². The van der Waals surface area contributed by atoms with Gasteiger partial charge in [-0.1, -0.05) is 6.07 Å². The van der Waals surface area contributed by atoms with E-state index in [0.717, 1.165) is 0 Å². The Labute approximate surface area is 115 Å². The summed E-state index contributed by atoms with van der Waals surface area (Å²) in [6.07, 6.45) is 0. The van der Waals surface area contributed by atoms with Crippen LogP contribution in [0.4, 0.5) is 8.78 Å². The molecule has 2 N–H and O–H groups in total. The molecule has 106 valence electrons. The van der Waals surface area contributed by atoms with Gasteiger partial charge in [-0.3, -0.25) is 0 Å². The molecule has 0 aliphatic rings. The van der Waals surface area contributed by atoms with Gasteiger partial charge in [0.1, 0.15) is 23.1 Å². The summed E-state index contributed by atoms with van der Waals surface area (Å²) in [5.74, 6) is -0.160. The zero-order valence-corrected chi connectivity index (χ0v) is 11.2. The van der Waals surface area contributed by atoms with Crippen molar-refractivity contribution in [3.05, 3.63) is 59.2 Å². The van der Waals surface area contributed by atoms with Gasteiger partial charge in [0.25, 0.3) is 0 Å². The van der Waals surface area contributed by atoms with E-state index in [1.54, 1.807) is 6.07 Å². The van der Waals surface area contributed by atoms with E-state index in [-0.39, 0.29) is 5.56 Å². The summed E-state index contributed by atoms with van der Waals surface area (Å²) in [5.41, 5.74) is 6.66. The minimum Gasteiger partial charge on any atom is -0.497 e. The van der Waals surface area contributed by atoms with Gasteiger partial charge >= 0.3 is 0 Å². The standard InChI is InChI=1S/C15H15F2NO2/c1-19-10-4-5-11(13(17)8-10)15(18)12-7-9(16)3-6-14(12)20-2/h3-8,15H,18H2,1-2H3. The van der Waals surface area contributed by atoms with Crippen molar-refractivity contribution in [2.24, 2.45) is 5.73 Å². The van der Waals surface area contributed by atoms with Crippen LogP contribution in [-0.4, -0.2) is 14.2 Å². The van der Waals surface area contributed by atoms with Crippen LogP contribution in [0, 0.1) is 11.6 Å². The SMILES string of the molecule is COc1ccc(C(N)c2cc(F)ccc2OC)c(F)c1. The molecule has 0 saturated heterocycles. The second-order valence-electron chi connectivity index (χ2n) is 4.25. The molecule has 0 saturated carbocycles. The van der Waals surface area contributed by atoms with Crippen LogP contribution in [0.5, 0.6) is 11.5 Å². The lowest BCUT2D eigenvalue weighted by Crippen LogP contribution is -2.15. The summed E-state index contributed by atoms with van der Waals surface area (Å²) in [5, 5.41) is 0. The largest absolute Gasteiger partial charge is 0.497 e. The molecule has 0 fully saturated rings. The van der Waals surface area contributed by atoms with Gasteiger partial charge in [-0.25, -0.2) is 8.78 Å². The van der Waals surface area contributed by atoms with Gasteiger partial charge in [-0.05, 0) is 24.3 Å². The van der Waals surface area contributed by atoms with Gasteiger partial charge < -0.3 is 15.2 Å². The van der Waals surface area contributed by atoms with Crippen LogP contribution in [0.3, 0.4) is 0 Å². The van der Waals surface area contributed by atoms with Crippen molar-refractivity contribution < 1.29 is 18.3 Å². The monoisotopic (exact) mass is 279 g/mol. The fourth-order valence-electron chi connectivity index (χ4n) is 2.00. The van der Waals surface area contributed by atoms with E-state index in [4.69, 9.17) is 15.2 Å². The molecule has 2 rings (SSSR count). The molecule has 1 unspecified atom stereocenters. The highest BCUT2D eigenvalue weighted by atomic mass is 19.1. The third-order valence-corrected chi connectivity index (χ3v) is 3.07. The molecule has 0 radical (unpaired) electrons. The highest BCUT2D eigenvalue weighted by Gasteiger charge is 2.18. The second kappa shape index (κ2) is 5.88. The first-order chi connectivity index (χ1) is 9.56. The van der Waals surface area contributed by atoms with Gasteiger partial charge in [0.15, 0.2) is 0 Å². The quantitative estimate of drug-likeness (QED) is 0.935. The Morgan fingerprint density at radius 1 is 0.950 bits per heavy atom. The number of benzene rings is 2. The molecule has 0 bridgehead atoms. The van der Waals surface area contributed by atoms with Crippen molar-refractivity contribution in [3.8, 4) is 11.5 Å². The molecule has 0 amide bonds. The summed E-state index contributed by atoms with van der Waals surface area (Å²) < 4.78 is 37.4. The Morgan fingerprint density at radius 2 is 1.70 bits per heavy atom. The van der Waals surface area contributed by atoms with Gasteiger partial charge in [0.2, 0.25) is 0 Å². The molecule has 0 aromatic heterocycles. The molecule has 1 atom stereocenters. The van der Waals surface area contributed by atoms with E-state index in [1.165, 1.54) is 44.6 Å². The van der Waals surface area contributed by atoms with Crippen molar-refractivity contribution in [2.75, 3.05) is 14.2 Å². The summed E-state index contributed by atoms with van der Waals surface area (Å²) >= 11 is 0. The summed E-state index contributed by atoms with van der Waals surface area (Å²) in [4.78, 5) is 0. The van der Waals surface area contributed by atoms with Crippen LogP contribution < -0.4 is 15.2 Å². The number of nitrogens with two attached hydrogens (primary N) is 1. The molecule has 20 heavy (non-hydrogen) atoms. The van der Waals surface area contributed by atoms with Crippen LogP contribution in [0.1, 0.15) is 17.2 Å². The lowest BCUT2D eigenvalue weighted by Gasteiger charge is -2.17. The molecule has 5 heteroatoms. The molecular weight excluding hydrogens is 264 g/mol. The number of rotatable bonds is 4. The van der Waals surface area contributed by atoms with E-state index in [9.17, 15) is 8.78 Å². The summed E-state index contributed by atoms with van der Waals surface area (Å²) in [6.45, 7) is 0. The third-order valence-electron chi connectivity index (χ3n) is 3.07. The van der Waals surface area contributed by atoms with Gasteiger partial charge in [0.05, 0.1) is 20.3 Å². The molecular formula is C15H15F2NO2. The maximum Gasteiger partial charge on any atom is 0.132 e. The van der Waals surface area contributed by atoms with Crippen molar-refractivity contribution in [2.45, 2.75) is 6.04 Å². The zero-order chi connectivity index (χ0) is 14.7. The van der Waals surface area contributed by atoms with Crippen LogP contribution >= 0.6 is 0 Å². The lowest BCUT2D eigenvalue weighted by molar-refractivity contribution is 0.404. The number of methoxy groups -OCH3 is 2. The number of ether oxygens (including phenoxy) is 2. The van der Waals surface area contributed by atoms with E-state index < -0.39 is 17.7 Å². The van der Waals surface area contributed by atoms with E-state index in [1.807, 2.05) is 0 Å². The van der Waals surface area contributed by atoms with Crippen LogP contribution in [-0.2, 0) is 0 Å². The third kappa shape index (κ3) is 2.72. The van der Waals surface area contributed by atoms with Crippen LogP contribution in [0.25, 0.3) is 0 Å². The highest BCUT2D eigenvalue weighted by Crippen LogP contribution is 2.31. The average Bonchev–Trinajstić information content (AvgIpc) is 2.46. The molecule has 3 nitrogen and oxygen atoms in total. The van der Waals surface area contributed by atoms with Crippen molar-refractivity contribution in [1.29, 1.82) is 0 Å². The fraction of sp³-hybridized carbons (Fsp3) is 0.200. The van der Waals surface area contributed by atoms with E-state index in [0.29, 0.717) is 17.1 Å². The Bertz CT molecular complexity index is 617. The second-order valence-corrected chi connectivity index (χ2v) is 4.25. The average molecular weight is 279 g/mol. The maximum atomic E-state index is 14.0. The van der Waals surface area contributed by atoms with Gasteiger partial charge in [0, 0.05) is 17.2 Å². The van der Waals surface area contributed by atoms with Gasteiger partial charge in [-0.2, -0.15) is 0 Å². The lowest BCUT2D eigenvalue weighted by atomic mass is 9.98. The maximum absolute atomic E-state index is 14.0. The van der Waals surface area contributed by atoms with Crippen molar-refractivity contribution in [3.63, 3.8) is 0 Å². The molecule has 0 heterocycles. The Morgan fingerprint density at radius 3 is 2.30 bits per heavy atom. The molecule has 2 aromatic carbocycles. The van der Waals surface area contributed by atoms with Gasteiger partial charge in [-0.15, -0.1) is 0 Å². The fourth-order valence-corrected chi connectivity index (χ4v) is 2.00. The van der Waals surface area contributed by atoms with Crippen LogP contribution in [0.15, 0.2) is 36.4 Å². The smallest absolute Gasteiger partial charge is 0.132 e. The van der Waals surface area contributed by atoms with Crippen molar-refractivity contribution in [1.82, 2.24) is 0 Å². The first kappa shape index (κ1) is 14.3. The highest BCUT2D eigenvalue weighted by molar-refractivity contribution is 5.43. The molecule has 2 aromatic rings. The molecule has 0 spiro atoms. The molecule has 0 aliphatic heterocycles. The normalized spacial score (nSPS) is 12.1. The predicted molar refractivity (Wildman–Crippen MR) is 71.9 cm³/mol. The van der Waals surface area contributed by atoms with Crippen molar-refractivity contribution >= 4 is 0 Å². The first-order valence-electron chi connectivity index (χ1n) is 5.99. The minimum atomic E-state index is -0.827. The van der Waals surface area contributed by atoms with E-state index in [2.05, 4.69) is 0 Å². The summed E-state index contributed by atoms with van der Waals surface area (Å²) in [7, 11) is 2.90. The molecule has 0 aliphatic carbocycles. The summed E-state index contributed by atoms with van der Waals surface area (Å²) in [6, 6.07) is 7.50. The Kier molecular flexibility index (Phi) is 4.20. The van der Waals surface area contributed by atoms with E-state index >= 15 is 0 Å². The zero-order valence-electron chi connectivity index (χ0n) is 11.2. The van der Waals surface area contributed by atoms with Crippen LogP contribution in [0.2, 0.25) is 0 Å².